The van der Waals surface area contributed by atoms with Gasteiger partial charge in [0.05, 0.1) is 7.11 Å². The van der Waals surface area contributed by atoms with E-state index >= 15 is 0 Å². The summed E-state index contributed by atoms with van der Waals surface area (Å²) >= 11 is 0. The van der Waals surface area contributed by atoms with E-state index in [1.54, 1.807) is 36.4 Å². The van der Waals surface area contributed by atoms with E-state index in [2.05, 4.69) is 4.98 Å². The third kappa shape index (κ3) is 3.69. The number of hydrogen-bond acceptors (Lipinski definition) is 5. The van der Waals surface area contributed by atoms with Gasteiger partial charge in [-0.25, -0.2) is 4.98 Å². The van der Waals surface area contributed by atoms with Gasteiger partial charge in [0.15, 0.2) is 0 Å². The molecule has 0 spiro atoms. The molecule has 1 aliphatic rings. The molecule has 0 unspecified atom stereocenters. The molecule has 3 aromatic rings. The normalized spacial score (nSPS) is 14.3. The minimum Gasteiger partial charge on any atom is -0.497 e. The largest absolute Gasteiger partial charge is 0.497 e. The number of piperazine rings is 1. The fourth-order valence-electron chi connectivity index (χ4n) is 3.38. The maximum absolute atomic E-state index is 12.8. The molecule has 1 aromatic carbocycles. The number of pyridine rings is 1. The summed E-state index contributed by atoms with van der Waals surface area (Å²) in [5.74, 6) is 0.0874. The van der Waals surface area contributed by atoms with Gasteiger partial charge in [0.1, 0.15) is 23.5 Å². The van der Waals surface area contributed by atoms with Gasteiger partial charge in [-0.3, -0.25) is 18.8 Å². The Labute approximate surface area is 167 Å². The molecule has 3 heterocycles. The number of rotatable bonds is 4. The first-order valence-corrected chi connectivity index (χ1v) is 9.23. The quantitative estimate of drug-likeness (QED) is 0.666. The topological polar surface area (TPSA) is 84.2 Å². The van der Waals surface area contributed by atoms with Gasteiger partial charge in [0.25, 0.3) is 11.5 Å². The zero-order valence-corrected chi connectivity index (χ0v) is 15.9. The van der Waals surface area contributed by atoms with Crippen molar-refractivity contribution in [2.75, 3.05) is 26.7 Å². The second kappa shape index (κ2) is 7.75. The van der Waals surface area contributed by atoms with Gasteiger partial charge in [-0.05, 0) is 29.8 Å². The number of fused-ring (bicyclic) bond motifs is 1. The molecule has 0 aliphatic carbocycles. The minimum atomic E-state index is -0.477. The summed E-state index contributed by atoms with van der Waals surface area (Å²) in [4.78, 5) is 45.3. The summed E-state index contributed by atoms with van der Waals surface area (Å²) < 4.78 is 6.54. The van der Waals surface area contributed by atoms with Gasteiger partial charge in [-0.15, -0.1) is 0 Å². The van der Waals surface area contributed by atoms with E-state index in [4.69, 9.17) is 4.74 Å². The number of nitrogens with zero attached hydrogens (tertiary/aromatic N) is 4. The second-order valence-electron chi connectivity index (χ2n) is 6.80. The lowest BCUT2D eigenvalue weighted by molar-refractivity contribution is -0.135. The fourth-order valence-corrected chi connectivity index (χ4v) is 3.38. The Hall–Kier alpha value is -3.68. The summed E-state index contributed by atoms with van der Waals surface area (Å²) in [5.41, 5.74) is 0.942. The number of carbonyl (C=O) groups excluding carboxylic acids is 2. The number of methoxy groups -OCH3 is 1. The maximum atomic E-state index is 12.8. The van der Waals surface area contributed by atoms with Crippen molar-refractivity contribution in [2.24, 2.45) is 0 Å². The summed E-state index contributed by atoms with van der Waals surface area (Å²) in [5, 5.41) is 0. The highest BCUT2D eigenvalue weighted by Gasteiger charge is 2.29. The summed E-state index contributed by atoms with van der Waals surface area (Å²) in [7, 11) is 1.60. The summed E-state index contributed by atoms with van der Waals surface area (Å²) in [6.07, 6.45) is 2.85. The standard InChI is InChI=1S/C21H20N4O4/c1-29-16-6-4-5-15(11-16)13-23-9-10-24(14-19(23)26)20(27)17-12-22-18-7-2-3-8-25(18)21(17)28/h2-8,11-12H,9-10,13-14H2,1H3. The molecule has 1 aliphatic heterocycles. The molecule has 1 fully saturated rings. The van der Waals surface area contributed by atoms with E-state index in [1.165, 1.54) is 15.5 Å². The number of benzene rings is 1. The van der Waals surface area contributed by atoms with Crippen molar-refractivity contribution in [1.82, 2.24) is 19.2 Å². The minimum absolute atomic E-state index is 0.0391. The summed E-state index contributed by atoms with van der Waals surface area (Å²) in [6, 6.07) is 12.7. The Morgan fingerprint density at radius 1 is 1.14 bits per heavy atom. The van der Waals surface area contributed by atoms with E-state index in [-0.39, 0.29) is 18.0 Å². The van der Waals surface area contributed by atoms with Crippen molar-refractivity contribution < 1.29 is 14.3 Å². The zero-order chi connectivity index (χ0) is 20.4. The zero-order valence-electron chi connectivity index (χ0n) is 15.9. The average Bonchev–Trinajstić information content (AvgIpc) is 2.75. The van der Waals surface area contributed by atoms with Crippen LogP contribution in [-0.4, -0.2) is 57.7 Å². The van der Waals surface area contributed by atoms with Crippen LogP contribution in [0.3, 0.4) is 0 Å². The van der Waals surface area contributed by atoms with Crippen molar-refractivity contribution in [2.45, 2.75) is 6.54 Å². The molecule has 0 bridgehead atoms. The van der Waals surface area contributed by atoms with E-state index in [0.29, 0.717) is 25.3 Å². The first kappa shape index (κ1) is 18.7. The van der Waals surface area contributed by atoms with Gasteiger partial charge in [0.2, 0.25) is 5.91 Å². The van der Waals surface area contributed by atoms with Crippen LogP contribution in [0.5, 0.6) is 5.75 Å². The van der Waals surface area contributed by atoms with Crippen LogP contribution in [0.15, 0.2) is 59.7 Å². The number of amides is 2. The van der Waals surface area contributed by atoms with Crippen LogP contribution in [0.2, 0.25) is 0 Å². The van der Waals surface area contributed by atoms with Crippen LogP contribution in [0.1, 0.15) is 15.9 Å². The molecular formula is C21H20N4O4. The maximum Gasteiger partial charge on any atom is 0.270 e. The smallest absolute Gasteiger partial charge is 0.270 e. The monoisotopic (exact) mass is 392 g/mol. The van der Waals surface area contributed by atoms with Crippen molar-refractivity contribution in [3.8, 4) is 5.75 Å². The average molecular weight is 392 g/mol. The van der Waals surface area contributed by atoms with E-state index in [9.17, 15) is 14.4 Å². The van der Waals surface area contributed by atoms with Crippen LogP contribution >= 0.6 is 0 Å². The highest BCUT2D eigenvalue weighted by atomic mass is 16.5. The van der Waals surface area contributed by atoms with Crippen LogP contribution < -0.4 is 10.3 Å². The van der Waals surface area contributed by atoms with Gasteiger partial charge < -0.3 is 14.5 Å². The molecule has 8 heteroatoms. The lowest BCUT2D eigenvalue weighted by atomic mass is 10.1. The van der Waals surface area contributed by atoms with Crippen molar-refractivity contribution in [3.05, 3.63) is 76.3 Å². The van der Waals surface area contributed by atoms with E-state index in [0.717, 1.165) is 11.3 Å². The molecular weight excluding hydrogens is 372 g/mol. The molecule has 0 atom stereocenters. The Morgan fingerprint density at radius 3 is 2.79 bits per heavy atom. The van der Waals surface area contributed by atoms with Crippen LogP contribution in [-0.2, 0) is 11.3 Å². The predicted octanol–water partition coefficient (Wildman–Crippen LogP) is 1.19. The lowest BCUT2D eigenvalue weighted by Gasteiger charge is -2.34. The first-order chi connectivity index (χ1) is 14.1. The molecule has 0 radical (unpaired) electrons. The second-order valence-corrected chi connectivity index (χ2v) is 6.80. The molecule has 0 N–H and O–H groups in total. The molecule has 8 nitrogen and oxygen atoms in total. The number of hydrogen-bond donors (Lipinski definition) is 0. The van der Waals surface area contributed by atoms with Gasteiger partial charge in [0, 0.05) is 32.0 Å². The molecule has 148 valence electrons. The summed E-state index contributed by atoms with van der Waals surface area (Å²) in [6.45, 7) is 1.12. The van der Waals surface area contributed by atoms with E-state index < -0.39 is 11.5 Å². The Bertz CT molecular complexity index is 1140. The lowest BCUT2D eigenvalue weighted by Crippen LogP contribution is -2.52. The van der Waals surface area contributed by atoms with Crippen molar-refractivity contribution >= 4 is 17.5 Å². The molecule has 29 heavy (non-hydrogen) atoms. The highest BCUT2D eigenvalue weighted by molar-refractivity contribution is 5.96. The SMILES string of the molecule is COc1cccc(CN2CCN(C(=O)c3cnc4ccccn4c3=O)CC2=O)c1. The Balaban J connectivity index is 1.48. The first-order valence-electron chi connectivity index (χ1n) is 9.23. The Morgan fingerprint density at radius 2 is 2.00 bits per heavy atom. The van der Waals surface area contributed by atoms with Gasteiger partial charge in [-0.1, -0.05) is 18.2 Å². The van der Waals surface area contributed by atoms with Crippen LogP contribution in [0, 0.1) is 0 Å². The van der Waals surface area contributed by atoms with Crippen molar-refractivity contribution in [1.29, 1.82) is 0 Å². The van der Waals surface area contributed by atoms with Gasteiger partial charge in [-0.2, -0.15) is 0 Å². The van der Waals surface area contributed by atoms with Crippen LogP contribution in [0.25, 0.3) is 5.65 Å². The molecule has 1 saturated heterocycles. The van der Waals surface area contributed by atoms with E-state index in [1.807, 2.05) is 24.3 Å². The molecule has 0 saturated carbocycles. The third-order valence-electron chi connectivity index (χ3n) is 4.96. The van der Waals surface area contributed by atoms with Crippen LogP contribution in [0.4, 0.5) is 0 Å². The number of aromatic nitrogens is 2. The molecule has 4 rings (SSSR count). The Kier molecular flexibility index (Phi) is 4.99. The highest BCUT2D eigenvalue weighted by Crippen LogP contribution is 2.16. The number of carbonyl (C=O) groups is 2. The number of ether oxygens (including phenoxy) is 1. The molecule has 2 aromatic heterocycles. The predicted molar refractivity (Wildman–Crippen MR) is 106 cm³/mol. The van der Waals surface area contributed by atoms with Gasteiger partial charge >= 0.3 is 0 Å². The third-order valence-corrected chi connectivity index (χ3v) is 4.96. The van der Waals surface area contributed by atoms with Crippen molar-refractivity contribution in [3.63, 3.8) is 0 Å². The fraction of sp³-hybridized carbons (Fsp3) is 0.238. The molecule has 2 amide bonds.